The lowest BCUT2D eigenvalue weighted by Gasteiger charge is -2.20. The van der Waals surface area contributed by atoms with E-state index in [1.54, 1.807) is 7.05 Å². The van der Waals surface area contributed by atoms with Crippen molar-refractivity contribution in [1.82, 2.24) is 10.3 Å². The molecule has 0 aliphatic rings. The number of carbonyl (C=O) groups is 2. The fourth-order valence-corrected chi connectivity index (χ4v) is 1.88. The van der Waals surface area contributed by atoms with Crippen molar-refractivity contribution < 1.29 is 14.7 Å². The molecule has 6 nitrogen and oxygen atoms in total. The maximum atomic E-state index is 11.6. The summed E-state index contributed by atoms with van der Waals surface area (Å²) in [4.78, 5) is 28.4. The first-order valence-electron chi connectivity index (χ1n) is 5.70. The van der Waals surface area contributed by atoms with E-state index < -0.39 is 5.97 Å². The molecule has 0 saturated carbocycles. The van der Waals surface area contributed by atoms with E-state index >= 15 is 0 Å². The van der Waals surface area contributed by atoms with Gasteiger partial charge in [0.2, 0.25) is 5.91 Å². The smallest absolute Gasteiger partial charge is 0.339 e. The molecule has 0 fully saturated rings. The number of carbonyl (C=O) groups excluding carboxylic acids is 1. The predicted octanol–water partition coefficient (Wildman–Crippen LogP) is 1.50. The number of carboxylic acid groups (broad SMARTS) is 1. The lowest BCUT2D eigenvalue weighted by molar-refractivity contribution is -0.120. The molecular weight excluding hydrogens is 314 g/mol. The Kier molecular flexibility index (Phi) is 5.29. The highest BCUT2D eigenvalue weighted by Gasteiger charge is 2.17. The largest absolute Gasteiger partial charge is 0.478 e. The first-order chi connectivity index (χ1) is 8.81. The SMILES string of the molecule is CC(C)NC(=O)CN(C)c1ncc(Br)cc1C(=O)O. The monoisotopic (exact) mass is 329 g/mol. The molecule has 0 saturated heterocycles. The Morgan fingerprint density at radius 3 is 2.68 bits per heavy atom. The van der Waals surface area contributed by atoms with Crippen LogP contribution in [0, 0.1) is 0 Å². The Balaban J connectivity index is 2.90. The molecule has 1 aromatic heterocycles. The molecule has 1 rings (SSSR count). The average Bonchev–Trinajstić information content (AvgIpc) is 2.27. The van der Waals surface area contributed by atoms with Crippen molar-refractivity contribution >= 4 is 33.6 Å². The standard InChI is InChI=1S/C12H16BrN3O3/c1-7(2)15-10(17)6-16(3)11-9(12(18)19)4-8(13)5-14-11/h4-5,7H,6H2,1-3H3,(H,15,17)(H,18,19). The molecule has 0 atom stereocenters. The molecule has 0 aromatic carbocycles. The van der Waals surface area contributed by atoms with Crippen LogP contribution in [0.5, 0.6) is 0 Å². The number of nitrogens with one attached hydrogen (secondary N) is 1. The van der Waals surface area contributed by atoms with Gasteiger partial charge in [-0.15, -0.1) is 0 Å². The lowest BCUT2D eigenvalue weighted by Crippen LogP contribution is -2.39. The zero-order valence-electron chi connectivity index (χ0n) is 11.0. The summed E-state index contributed by atoms with van der Waals surface area (Å²) in [5.41, 5.74) is 0.0502. The maximum Gasteiger partial charge on any atom is 0.339 e. The van der Waals surface area contributed by atoms with Crippen LogP contribution >= 0.6 is 15.9 Å². The Bertz CT molecular complexity index is 491. The minimum absolute atomic E-state index is 0.0396. The van der Waals surface area contributed by atoms with Crippen LogP contribution in [0.15, 0.2) is 16.7 Å². The fraction of sp³-hybridized carbons (Fsp3) is 0.417. The van der Waals surface area contributed by atoms with Crippen molar-refractivity contribution in [3.8, 4) is 0 Å². The first-order valence-corrected chi connectivity index (χ1v) is 6.50. The van der Waals surface area contributed by atoms with Crippen molar-refractivity contribution in [3.63, 3.8) is 0 Å². The molecule has 2 N–H and O–H groups in total. The van der Waals surface area contributed by atoms with E-state index in [0.717, 1.165) is 0 Å². The number of hydrogen-bond acceptors (Lipinski definition) is 4. The molecule has 0 radical (unpaired) electrons. The first kappa shape index (κ1) is 15.4. The number of aromatic nitrogens is 1. The van der Waals surface area contributed by atoms with Gasteiger partial charge in [0.25, 0.3) is 0 Å². The van der Waals surface area contributed by atoms with Crippen LogP contribution in [-0.4, -0.2) is 41.6 Å². The van der Waals surface area contributed by atoms with Crippen molar-refractivity contribution in [2.24, 2.45) is 0 Å². The van der Waals surface area contributed by atoms with Crippen LogP contribution in [0.3, 0.4) is 0 Å². The van der Waals surface area contributed by atoms with Crippen molar-refractivity contribution in [3.05, 3.63) is 22.3 Å². The molecular formula is C12H16BrN3O3. The summed E-state index contributed by atoms with van der Waals surface area (Å²) >= 11 is 3.17. The normalized spacial score (nSPS) is 10.4. The number of rotatable bonds is 5. The molecule has 1 amide bonds. The topological polar surface area (TPSA) is 82.5 Å². The van der Waals surface area contributed by atoms with E-state index in [1.165, 1.54) is 17.2 Å². The van der Waals surface area contributed by atoms with E-state index in [9.17, 15) is 9.59 Å². The van der Waals surface area contributed by atoms with Crippen LogP contribution in [0.4, 0.5) is 5.82 Å². The minimum Gasteiger partial charge on any atom is -0.478 e. The molecule has 1 heterocycles. The van der Waals surface area contributed by atoms with E-state index in [-0.39, 0.29) is 29.9 Å². The van der Waals surface area contributed by atoms with Gasteiger partial charge < -0.3 is 15.3 Å². The second-order valence-electron chi connectivity index (χ2n) is 4.41. The van der Waals surface area contributed by atoms with Gasteiger partial charge in [-0.2, -0.15) is 0 Å². The van der Waals surface area contributed by atoms with Crippen LogP contribution in [-0.2, 0) is 4.79 Å². The summed E-state index contributed by atoms with van der Waals surface area (Å²) in [7, 11) is 1.63. The molecule has 0 aliphatic carbocycles. The van der Waals surface area contributed by atoms with Gasteiger partial charge in [-0.25, -0.2) is 9.78 Å². The summed E-state index contributed by atoms with van der Waals surface area (Å²) < 4.78 is 0.577. The number of nitrogens with zero attached hydrogens (tertiary/aromatic N) is 2. The number of pyridine rings is 1. The summed E-state index contributed by atoms with van der Waals surface area (Å²) in [6.07, 6.45) is 1.50. The zero-order chi connectivity index (χ0) is 14.6. The molecule has 1 aromatic rings. The number of hydrogen-bond donors (Lipinski definition) is 2. The zero-order valence-corrected chi connectivity index (χ0v) is 12.6. The van der Waals surface area contributed by atoms with Crippen LogP contribution in [0.2, 0.25) is 0 Å². The number of likely N-dealkylation sites (N-methyl/N-ethyl adjacent to an activating group) is 1. The molecule has 19 heavy (non-hydrogen) atoms. The molecule has 7 heteroatoms. The number of carboxylic acids is 1. The van der Waals surface area contributed by atoms with Crippen LogP contribution in [0.1, 0.15) is 24.2 Å². The van der Waals surface area contributed by atoms with E-state index in [0.29, 0.717) is 4.47 Å². The number of anilines is 1. The maximum absolute atomic E-state index is 11.6. The fourth-order valence-electron chi connectivity index (χ4n) is 1.55. The quantitative estimate of drug-likeness (QED) is 0.855. The van der Waals surface area contributed by atoms with Crippen molar-refractivity contribution in [2.45, 2.75) is 19.9 Å². The van der Waals surface area contributed by atoms with E-state index in [2.05, 4.69) is 26.2 Å². The van der Waals surface area contributed by atoms with Crippen molar-refractivity contribution in [2.75, 3.05) is 18.5 Å². The molecule has 0 unspecified atom stereocenters. The Labute approximate surface area is 120 Å². The summed E-state index contributed by atoms with van der Waals surface area (Å²) in [5, 5.41) is 11.9. The third kappa shape index (κ3) is 4.51. The minimum atomic E-state index is -1.08. The Morgan fingerprint density at radius 2 is 2.16 bits per heavy atom. The summed E-state index contributed by atoms with van der Waals surface area (Å²) in [6, 6.07) is 1.50. The number of amides is 1. The van der Waals surface area contributed by atoms with Gasteiger partial charge in [0.05, 0.1) is 6.54 Å². The average molecular weight is 330 g/mol. The second kappa shape index (κ2) is 6.51. The molecule has 0 spiro atoms. The lowest BCUT2D eigenvalue weighted by atomic mass is 10.2. The van der Waals surface area contributed by atoms with Gasteiger partial charge in [0.1, 0.15) is 11.4 Å². The predicted molar refractivity (Wildman–Crippen MR) is 75.4 cm³/mol. The summed E-state index contributed by atoms with van der Waals surface area (Å²) in [5.74, 6) is -1.01. The van der Waals surface area contributed by atoms with Gasteiger partial charge in [-0.05, 0) is 35.8 Å². The van der Waals surface area contributed by atoms with Gasteiger partial charge in [-0.3, -0.25) is 4.79 Å². The van der Waals surface area contributed by atoms with Crippen LogP contribution < -0.4 is 10.2 Å². The highest BCUT2D eigenvalue weighted by molar-refractivity contribution is 9.10. The third-order valence-electron chi connectivity index (χ3n) is 2.26. The molecule has 0 bridgehead atoms. The van der Waals surface area contributed by atoms with Crippen LogP contribution in [0.25, 0.3) is 0 Å². The number of halogens is 1. The summed E-state index contributed by atoms with van der Waals surface area (Å²) in [6.45, 7) is 3.77. The van der Waals surface area contributed by atoms with Gasteiger partial charge in [0.15, 0.2) is 0 Å². The highest BCUT2D eigenvalue weighted by atomic mass is 79.9. The van der Waals surface area contributed by atoms with E-state index in [1.807, 2.05) is 13.8 Å². The number of aromatic carboxylic acids is 1. The second-order valence-corrected chi connectivity index (χ2v) is 5.32. The third-order valence-corrected chi connectivity index (χ3v) is 2.69. The molecule has 0 aliphatic heterocycles. The van der Waals surface area contributed by atoms with Crippen molar-refractivity contribution in [1.29, 1.82) is 0 Å². The van der Waals surface area contributed by atoms with E-state index in [4.69, 9.17) is 5.11 Å². The van der Waals surface area contributed by atoms with Gasteiger partial charge >= 0.3 is 5.97 Å². The highest BCUT2D eigenvalue weighted by Crippen LogP contribution is 2.20. The Morgan fingerprint density at radius 1 is 1.53 bits per heavy atom. The Hall–Kier alpha value is -1.63. The molecule has 104 valence electrons. The van der Waals surface area contributed by atoms with Gasteiger partial charge in [-0.1, -0.05) is 0 Å². The van der Waals surface area contributed by atoms with Gasteiger partial charge in [0, 0.05) is 23.8 Å².